The van der Waals surface area contributed by atoms with Crippen molar-refractivity contribution in [3.8, 4) is 11.5 Å². The number of methoxy groups -OCH3 is 1. The number of nitrogens with two attached hydrogens (primary N) is 1. The molecule has 1 rings (SSSR count). The molecule has 0 spiro atoms. The third-order valence-electron chi connectivity index (χ3n) is 2.44. The monoisotopic (exact) mass is 225 g/mol. The van der Waals surface area contributed by atoms with E-state index in [0.29, 0.717) is 11.3 Å². The lowest BCUT2D eigenvalue weighted by atomic mass is 10.00. The zero-order valence-corrected chi connectivity index (χ0v) is 9.23. The highest BCUT2D eigenvalue weighted by Gasteiger charge is 2.18. The molecular weight excluding hydrogens is 210 g/mol. The van der Waals surface area contributed by atoms with E-state index in [1.165, 1.54) is 7.11 Å². The topological polar surface area (TPSA) is 92.8 Å². The van der Waals surface area contributed by atoms with Gasteiger partial charge in [-0.25, -0.2) is 0 Å². The molecular formula is C11H15NO4. The number of aliphatic carboxylic acids is 1. The van der Waals surface area contributed by atoms with Gasteiger partial charge in [0.05, 0.1) is 7.11 Å². The number of phenols is 1. The fraction of sp³-hybridized carbons (Fsp3) is 0.364. The molecule has 0 fully saturated rings. The Hall–Kier alpha value is -1.75. The number of benzene rings is 1. The number of aromatic hydroxyl groups is 1. The molecule has 4 N–H and O–H groups in total. The van der Waals surface area contributed by atoms with E-state index >= 15 is 0 Å². The summed E-state index contributed by atoms with van der Waals surface area (Å²) in [5, 5.41) is 18.5. The number of hydrogen-bond acceptors (Lipinski definition) is 4. The first-order valence-electron chi connectivity index (χ1n) is 4.81. The largest absolute Gasteiger partial charge is 0.504 e. The van der Waals surface area contributed by atoms with Crippen LogP contribution in [0.5, 0.6) is 11.5 Å². The van der Waals surface area contributed by atoms with Crippen molar-refractivity contribution in [2.75, 3.05) is 7.11 Å². The van der Waals surface area contributed by atoms with Gasteiger partial charge in [-0.3, -0.25) is 4.79 Å². The maximum atomic E-state index is 10.6. The van der Waals surface area contributed by atoms with E-state index in [9.17, 15) is 9.90 Å². The number of ether oxygens (including phenoxy) is 1. The molecule has 0 aromatic heterocycles. The van der Waals surface area contributed by atoms with E-state index in [4.69, 9.17) is 15.6 Å². The number of aryl methyl sites for hydroxylation is 1. The van der Waals surface area contributed by atoms with Gasteiger partial charge in [0, 0.05) is 12.0 Å². The standard InChI is InChI=1S/C11H15NO4/c1-6-3-4-9(16-2)10(13)7(6)5-8(12)11(14)15/h3-4,8,13H,5,12H2,1-2H3,(H,14,15). The molecule has 0 bridgehead atoms. The summed E-state index contributed by atoms with van der Waals surface area (Å²) in [5.74, 6) is -0.820. The predicted octanol–water partition coefficient (Wildman–Crippen LogP) is 0.664. The van der Waals surface area contributed by atoms with Crippen molar-refractivity contribution in [1.29, 1.82) is 0 Å². The maximum absolute atomic E-state index is 10.6. The Morgan fingerprint density at radius 3 is 2.69 bits per heavy atom. The summed E-state index contributed by atoms with van der Waals surface area (Å²) in [6.45, 7) is 1.78. The molecule has 0 aliphatic carbocycles. The molecule has 1 unspecified atom stereocenters. The molecule has 88 valence electrons. The van der Waals surface area contributed by atoms with Crippen LogP contribution < -0.4 is 10.5 Å². The van der Waals surface area contributed by atoms with Crippen LogP contribution in [0.15, 0.2) is 12.1 Å². The van der Waals surface area contributed by atoms with Gasteiger partial charge >= 0.3 is 5.97 Å². The molecule has 16 heavy (non-hydrogen) atoms. The smallest absolute Gasteiger partial charge is 0.320 e. The lowest BCUT2D eigenvalue weighted by Crippen LogP contribution is -2.32. The van der Waals surface area contributed by atoms with Crippen molar-refractivity contribution >= 4 is 5.97 Å². The highest BCUT2D eigenvalue weighted by molar-refractivity contribution is 5.74. The SMILES string of the molecule is COc1ccc(C)c(CC(N)C(=O)O)c1O. The Bertz CT molecular complexity index is 403. The minimum atomic E-state index is -1.10. The third kappa shape index (κ3) is 2.43. The van der Waals surface area contributed by atoms with Crippen LogP contribution in [0.25, 0.3) is 0 Å². The number of carboxylic acid groups (broad SMARTS) is 1. The fourth-order valence-corrected chi connectivity index (χ4v) is 1.45. The molecule has 5 heteroatoms. The molecule has 5 nitrogen and oxygen atoms in total. The zero-order chi connectivity index (χ0) is 12.3. The lowest BCUT2D eigenvalue weighted by Gasteiger charge is -2.13. The quantitative estimate of drug-likeness (QED) is 0.700. The summed E-state index contributed by atoms with van der Waals surface area (Å²) in [6, 6.07) is 2.35. The summed E-state index contributed by atoms with van der Waals surface area (Å²) in [5.41, 5.74) is 6.72. The van der Waals surface area contributed by atoms with E-state index in [0.717, 1.165) is 5.56 Å². The van der Waals surface area contributed by atoms with Crippen LogP contribution in [0.1, 0.15) is 11.1 Å². The van der Waals surface area contributed by atoms with E-state index in [1.54, 1.807) is 19.1 Å². The van der Waals surface area contributed by atoms with Crippen LogP contribution in [-0.4, -0.2) is 29.3 Å². The van der Waals surface area contributed by atoms with E-state index in [2.05, 4.69) is 0 Å². The molecule has 0 heterocycles. The highest BCUT2D eigenvalue weighted by atomic mass is 16.5. The molecule has 0 aliphatic heterocycles. The van der Waals surface area contributed by atoms with Crippen LogP contribution >= 0.6 is 0 Å². The normalized spacial score (nSPS) is 12.2. The van der Waals surface area contributed by atoms with Gasteiger partial charge in [-0.15, -0.1) is 0 Å². The van der Waals surface area contributed by atoms with Gasteiger partial charge in [-0.1, -0.05) is 6.07 Å². The fourth-order valence-electron chi connectivity index (χ4n) is 1.45. The second-order valence-corrected chi connectivity index (χ2v) is 3.56. The molecule has 1 aromatic carbocycles. The van der Waals surface area contributed by atoms with Crippen LogP contribution in [0, 0.1) is 6.92 Å². The Kier molecular flexibility index (Phi) is 3.73. The average Bonchev–Trinajstić information content (AvgIpc) is 2.24. The summed E-state index contributed by atoms with van der Waals surface area (Å²) in [6.07, 6.45) is 0.0736. The molecule has 1 atom stereocenters. The van der Waals surface area contributed by atoms with Crippen molar-refractivity contribution in [2.45, 2.75) is 19.4 Å². The van der Waals surface area contributed by atoms with Crippen LogP contribution in [-0.2, 0) is 11.2 Å². The van der Waals surface area contributed by atoms with Crippen molar-refractivity contribution < 1.29 is 19.7 Å². The van der Waals surface area contributed by atoms with Crippen LogP contribution in [0.4, 0.5) is 0 Å². The van der Waals surface area contributed by atoms with Crippen LogP contribution in [0.2, 0.25) is 0 Å². The lowest BCUT2D eigenvalue weighted by molar-refractivity contribution is -0.138. The van der Waals surface area contributed by atoms with Gasteiger partial charge in [0.25, 0.3) is 0 Å². The number of carbonyl (C=O) groups is 1. The zero-order valence-electron chi connectivity index (χ0n) is 9.23. The van der Waals surface area contributed by atoms with E-state index in [1.807, 2.05) is 0 Å². The first-order chi connectivity index (χ1) is 7.47. The third-order valence-corrected chi connectivity index (χ3v) is 2.44. The van der Waals surface area contributed by atoms with Gasteiger partial charge in [0.15, 0.2) is 11.5 Å². The second kappa shape index (κ2) is 4.85. The summed E-state index contributed by atoms with van der Waals surface area (Å²) in [7, 11) is 1.44. The van der Waals surface area contributed by atoms with Gasteiger partial charge < -0.3 is 20.7 Å². The summed E-state index contributed by atoms with van der Waals surface area (Å²) < 4.78 is 4.94. The minimum absolute atomic E-state index is 0.0424. The predicted molar refractivity (Wildman–Crippen MR) is 58.7 cm³/mol. The van der Waals surface area contributed by atoms with E-state index in [-0.39, 0.29) is 12.2 Å². The minimum Gasteiger partial charge on any atom is -0.504 e. The molecule has 0 aliphatic rings. The van der Waals surface area contributed by atoms with E-state index < -0.39 is 12.0 Å². The van der Waals surface area contributed by atoms with Crippen molar-refractivity contribution in [2.24, 2.45) is 5.73 Å². The maximum Gasteiger partial charge on any atom is 0.320 e. The Labute approximate surface area is 93.5 Å². The van der Waals surface area contributed by atoms with Gasteiger partial charge in [0.2, 0.25) is 0 Å². The van der Waals surface area contributed by atoms with Crippen molar-refractivity contribution in [3.63, 3.8) is 0 Å². The molecule has 0 amide bonds. The Morgan fingerprint density at radius 2 is 2.19 bits per heavy atom. The number of hydrogen-bond donors (Lipinski definition) is 3. The van der Waals surface area contributed by atoms with Gasteiger partial charge in [-0.05, 0) is 18.6 Å². The molecule has 0 saturated carbocycles. The molecule has 1 aromatic rings. The molecule has 0 saturated heterocycles. The average molecular weight is 225 g/mol. The van der Waals surface area contributed by atoms with Crippen molar-refractivity contribution in [3.05, 3.63) is 23.3 Å². The van der Waals surface area contributed by atoms with Crippen LogP contribution in [0.3, 0.4) is 0 Å². The van der Waals surface area contributed by atoms with Gasteiger partial charge in [-0.2, -0.15) is 0 Å². The Morgan fingerprint density at radius 1 is 1.56 bits per heavy atom. The molecule has 0 radical (unpaired) electrons. The summed E-state index contributed by atoms with van der Waals surface area (Å²) >= 11 is 0. The Balaban J connectivity index is 3.07. The first kappa shape index (κ1) is 12.3. The van der Waals surface area contributed by atoms with Crippen molar-refractivity contribution in [1.82, 2.24) is 0 Å². The number of carboxylic acids is 1. The van der Waals surface area contributed by atoms with Gasteiger partial charge in [0.1, 0.15) is 6.04 Å². The highest BCUT2D eigenvalue weighted by Crippen LogP contribution is 2.32. The number of rotatable bonds is 4. The summed E-state index contributed by atoms with van der Waals surface area (Å²) in [4.78, 5) is 10.6. The number of phenolic OH excluding ortho intramolecular Hbond substituents is 1. The first-order valence-corrected chi connectivity index (χ1v) is 4.81. The second-order valence-electron chi connectivity index (χ2n) is 3.56.